The number of rotatable bonds is 4. The van der Waals surface area contributed by atoms with E-state index in [1.54, 1.807) is 11.3 Å². The van der Waals surface area contributed by atoms with Crippen molar-refractivity contribution in [3.8, 4) is 0 Å². The van der Waals surface area contributed by atoms with Crippen LogP contribution in [0.1, 0.15) is 51.5 Å². The molecule has 0 radical (unpaired) electrons. The van der Waals surface area contributed by atoms with Crippen molar-refractivity contribution in [2.75, 3.05) is 13.1 Å². The first-order chi connectivity index (χ1) is 8.99. The molecule has 0 aliphatic carbocycles. The third kappa shape index (κ3) is 3.33. The molecule has 0 aromatic carbocycles. The van der Waals surface area contributed by atoms with E-state index in [9.17, 15) is 0 Å². The summed E-state index contributed by atoms with van der Waals surface area (Å²) in [5.74, 6) is 0. The van der Waals surface area contributed by atoms with E-state index in [4.69, 9.17) is 11.6 Å². The van der Waals surface area contributed by atoms with Crippen LogP contribution in [0.3, 0.4) is 0 Å². The molecule has 2 heterocycles. The van der Waals surface area contributed by atoms with Crippen LogP contribution in [0, 0.1) is 0 Å². The van der Waals surface area contributed by atoms with Crippen LogP contribution >= 0.6 is 22.9 Å². The van der Waals surface area contributed by atoms with Gasteiger partial charge in [0.15, 0.2) is 0 Å². The van der Waals surface area contributed by atoms with Gasteiger partial charge in [-0.1, -0.05) is 25.4 Å². The highest BCUT2D eigenvalue weighted by Crippen LogP contribution is 2.34. The number of nitrogens with zero attached hydrogens (tertiary/aromatic N) is 1. The van der Waals surface area contributed by atoms with Gasteiger partial charge in [-0.2, -0.15) is 0 Å². The Bertz CT molecular complexity index is 420. The van der Waals surface area contributed by atoms with E-state index < -0.39 is 0 Å². The lowest BCUT2D eigenvalue weighted by Gasteiger charge is -2.48. The van der Waals surface area contributed by atoms with Gasteiger partial charge in [-0.3, -0.25) is 4.90 Å². The monoisotopic (exact) mass is 300 g/mol. The summed E-state index contributed by atoms with van der Waals surface area (Å²) < 4.78 is 0.892. The van der Waals surface area contributed by atoms with E-state index in [0.29, 0.717) is 12.1 Å². The Kier molecular flexibility index (Phi) is 4.93. The van der Waals surface area contributed by atoms with E-state index in [1.165, 1.54) is 11.3 Å². The standard InChI is InChI=1S/C15H25ClN2S/c1-5-12-9-17-15(4,6-2)10-18(12)11(3)13-7-8-14(16)19-13/h7-8,11-12,17H,5-6,9-10H2,1-4H3. The quantitative estimate of drug-likeness (QED) is 0.891. The van der Waals surface area contributed by atoms with Gasteiger partial charge in [0.05, 0.1) is 4.34 Å². The fraction of sp³-hybridized carbons (Fsp3) is 0.733. The number of nitrogens with one attached hydrogen (secondary N) is 1. The van der Waals surface area contributed by atoms with Gasteiger partial charge in [0.2, 0.25) is 0 Å². The number of hydrogen-bond donors (Lipinski definition) is 1. The topological polar surface area (TPSA) is 15.3 Å². The van der Waals surface area contributed by atoms with Crippen molar-refractivity contribution >= 4 is 22.9 Å². The average molecular weight is 301 g/mol. The first kappa shape index (κ1) is 15.3. The zero-order valence-electron chi connectivity index (χ0n) is 12.4. The minimum atomic E-state index is 0.237. The van der Waals surface area contributed by atoms with E-state index in [0.717, 1.165) is 23.8 Å². The third-order valence-corrected chi connectivity index (χ3v) is 5.92. The van der Waals surface area contributed by atoms with Gasteiger partial charge in [-0.15, -0.1) is 11.3 Å². The molecule has 108 valence electrons. The maximum absolute atomic E-state index is 6.08. The molecule has 19 heavy (non-hydrogen) atoms. The van der Waals surface area contributed by atoms with Crippen molar-refractivity contribution in [2.45, 2.75) is 58.2 Å². The predicted octanol–water partition coefficient (Wildman–Crippen LogP) is 4.32. The van der Waals surface area contributed by atoms with Gasteiger partial charge < -0.3 is 5.32 Å². The molecule has 2 nitrogen and oxygen atoms in total. The summed E-state index contributed by atoms with van der Waals surface area (Å²) in [5.41, 5.74) is 0.237. The summed E-state index contributed by atoms with van der Waals surface area (Å²) in [6, 6.07) is 5.27. The molecule has 0 amide bonds. The summed E-state index contributed by atoms with van der Waals surface area (Å²) in [4.78, 5) is 4.03. The summed E-state index contributed by atoms with van der Waals surface area (Å²) >= 11 is 7.80. The smallest absolute Gasteiger partial charge is 0.0931 e. The first-order valence-corrected chi connectivity index (χ1v) is 8.44. The molecule has 1 aromatic rings. The van der Waals surface area contributed by atoms with Crippen molar-refractivity contribution < 1.29 is 0 Å². The van der Waals surface area contributed by atoms with Crippen LogP contribution in [0.25, 0.3) is 0 Å². The molecule has 1 N–H and O–H groups in total. The molecule has 3 unspecified atom stereocenters. The largest absolute Gasteiger partial charge is 0.309 e. The first-order valence-electron chi connectivity index (χ1n) is 7.25. The molecule has 4 heteroatoms. The Morgan fingerprint density at radius 2 is 2.26 bits per heavy atom. The van der Waals surface area contributed by atoms with Gasteiger partial charge >= 0.3 is 0 Å². The summed E-state index contributed by atoms with van der Waals surface area (Å²) in [6.45, 7) is 11.4. The lowest BCUT2D eigenvalue weighted by Crippen LogP contribution is -2.62. The van der Waals surface area contributed by atoms with Crippen LogP contribution in [-0.4, -0.2) is 29.6 Å². The lowest BCUT2D eigenvalue weighted by atomic mass is 9.91. The van der Waals surface area contributed by atoms with Crippen LogP contribution in [0.2, 0.25) is 4.34 Å². The predicted molar refractivity (Wildman–Crippen MR) is 85.2 cm³/mol. The molecular formula is C15H25ClN2S. The minimum absolute atomic E-state index is 0.237. The van der Waals surface area contributed by atoms with Crippen LogP contribution in [0.15, 0.2) is 12.1 Å². The molecule has 1 saturated heterocycles. The number of piperazine rings is 1. The minimum Gasteiger partial charge on any atom is -0.309 e. The summed E-state index contributed by atoms with van der Waals surface area (Å²) in [5, 5.41) is 3.72. The molecule has 0 bridgehead atoms. The fourth-order valence-corrected chi connectivity index (χ4v) is 3.99. The van der Waals surface area contributed by atoms with Crippen molar-refractivity contribution in [3.05, 3.63) is 21.3 Å². The van der Waals surface area contributed by atoms with Crippen LogP contribution in [-0.2, 0) is 0 Å². The van der Waals surface area contributed by atoms with Crippen molar-refractivity contribution in [3.63, 3.8) is 0 Å². The van der Waals surface area contributed by atoms with Crippen LogP contribution < -0.4 is 5.32 Å². The van der Waals surface area contributed by atoms with Gasteiger partial charge in [-0.25, -0.2) is 0 Å². The molecule has 2 rings (SSSR count). The molecule has 1 aromatic heterocycles. The molecule has 0 saturated carbocycles. The Morgan fingerprint density at radius 3 is 2.79 bits per heavy atom. The van der Waals surface area contributed by atoms with Crippen molar-refractivity contribution in [1.29, 1.82) is 0 Å². The zero-order chi connectivity index (χ0) is 14.0. The van der Waals surface area contributed by atoms with Gasteiger partial charge in [0, 0.05) is 35.6 Å². The highest BCUT2D eigenvalue weighted by molar-refractivity contribution is 7.16. The van der Waals surface area contributed by atoms with Crippen molar-refractivity contribution in [1.82, 2.24) is 10.2 Å². The number of halogens is 1. The van der Waals surface area contributed by atoms with Crippen LogP contribution in [0.5, 0.6) is 0 Å². The Balaban J connectivity index is 2.18. The Labute approximate surface area is 126 Å². The second-order valence-corrected chi connectivity index (χ2v) is 7.59. The van der Waals surface area contributed by atoms with E-state index >= 15 is 0 Å². The maximum atomic E-state index is 6.08. The van der Waals surface area contributed by atoms with Gasteiger partial charge in [0.25, 0.3) is 0 Å². The van der Waals surface area contributed by atoms with Crippen LogP contribution in [0.4, 0.5) is 0 Å². The zero-order valence-corrected chi connectivity index (χ0v) is 13.9. The van der Waals surface area contributed by atoms with E-state index in [-0.39, 0.29) is 5.54 Å². The van der Waals surface area contributed by atoms with Crippen molar-refractivity contribution in [2.24, 2.45) is 0 Å². The number of hydrogen-bond acceptors (Lipinski definition) is 3. The second-order valence-electron chi connectivity index (χ2n) is 5.85. The summed E-state index contributed by atoms with van der Waals surface area (Å²) in [7, 11) is 0. The molecule has 1 aliphatic heterocycles. The van der Waals surface area contributed by atoms with E-state index in [2.05, 4.69) is 44.0 Å². The summed E-state index contributed by atoms with van der Waals surface area (Å²) in [6.07, 6.45) is 2.36. The third-order valence-electron chi connectivity index (χ3n) is 4.52. The Hall–Kier alpha value is -0.0900. The second kappa shape index (κ2) is 6.13. The SMILES string of the molecule is CCC1CNC(C)(CC)CN1C(C)c1ccc(Cl)s1. The van der Waals surface area contributed by atoms with E-state index in [1.807, 2.05) is 6.07 Å². The molecular weight excluding hydrogens is 276 g/mol. The van der Waals surface area contributed by atoms with Gasteiger partial charge in [-0.05, 0) is 38.8 Å². The molecule has 1 aliphatic rings. The maximum Gasteiger partial charge on any atom is 0.0931 e. The number of thiophene rings is 1. The Morgan fingerprint density at radius 1 is 1.53 bits per heavy atom. The highest BCUT2D eigenvalue weighted by Gasteiger charge is 2.36. The lowest BCUT2D eigenvalue weighted by molar-refractivity contribution is 0.0506. The molecule has 1 fully saturated rings. The fourth-order valence-electron chi connectivity index (χ4n) is 2.85. The normalized spacial score (nSPS) is 30.5. The highest BCUT2D eigenvalue weighted by atomic mass is 35.5. The van der Waals surface area contributed by atoms with Gasteiger partial charge in [0.1, 0.15) is 0 Å². The average Bonchev–Trinajstić information content (AvgIpc) is 2.84. The molecule has 0 spiro atoms. The molecule has 3 atom stereocenters.